The maximum Gasteiger partial charge on any atom is 0.315 e. The number of hydrogen-bond acceptors (Lipinski definition) is 4. The van der Waals surface area contributed by atoms with Gasteiger partial charge in [-0.15, -0.1) is 0 Å². The summed E-state index contributed by atoms with van der Waals surface area (Å²) in [5.74, 6) is 2.27. The van der Waals surface area contributed by atoms with Gasteiger partial charge in [0.1, 0.15) is 19.0 Å². The molecule has 1 saturated carbocycles. The number of ether oxygens (including phenoxy) is 3. The summed E-state index contributed by atoms with van der Waals surface area (Å²) in [6.45, 7) is 1.53. The van der Waals surface area contributed by atoms with E-state index in [1.807, 2.05) is 42.5 Å². The summed E-state index contributed by atoms with van der Waals surface area (Å²) in [4.78, 5) is 12.4. The fourth-order valence-electron chi connectivity index (χ4n) is 3.24. The molecule has 1 aliphatic heterocycles. The van der Waals surface area contributed by atoms with Crippen LogP contribution >= 0.6 is 0 Å². The first-order valence-electron chi connectivity index (χ1n) is 8.78. The van der Waals surface area contributed by atoms with Crippen molar-refractivity contribution in [3.8, 4) is 17.2 Å². The van der Waals surface area contributed by atoms with Gasteiger partial charge in [0.2, 0.25) is 0 Å². The molecule has 1 fully saturated rings. The van der Waals surface area contributed by atoms with E-state index in [9.17, 15) is 4.79 Å². The molecular formula is C20H22N2O4. The number of nitrogens with one attached hydrogen (secondary N) is 2. The topological polar surface area (TPSA) is 68.8 Å². The van der Waals surface area contributed by atoms with Crippen molar-refractivity contribution in [2.24, 2.45) is 0 Å². The van der Waals surface area contributed by atoms with Crippen LogP contribution in [0.15, 0.2) is 42.5 Å². The van der Waals surface area contributed by atoms with E-state index in [1.165, 1.54) is 0 Å². The molecule has 2 amide bonds. The lowest BCUT2D eigenvalue weighted by molar-refractivity contribution is 0.171. The first-order valence-corrected chi connectivity index (χ1v) is 8.78. The summed E-state index contributed by atoms with van der Waals surface area (Å²) >= 11 is 0. The molecule has 2 N–H and O–H groups in total. The molecule has 1 heterocycles. The number of para-hydroxylation sites is 1. The Bertz CT molecular complexity index is 817. The maximum atomic E-state index is 12.4. The average molecular weight is 354 g/mol. The van der Waals surface area contributed by atoms with Crippen molar-refractivity contribution in [2.45, 2.75) is 24.9 Å². The van der Waals surface area contributed by atoms with Crippen LogP contribution < -0.4 is 24.8 Å². The van der Waals surface area contributed by atoms with Gasteiger partial charge in [-0.2, -0.15) is 0 Å². The van der Waals surface area contributed by atoms with Crippen molar-refractivity contribution in [1.82, 2.24) is 10.6 Å². The third-order valence-corrected chi connectivity index (χ3v) is 4.83. The molecular weight excluding hydrogens is 332 g/mol. The number of carbonyl (C=O) groups is 1. The molecule has 2 aliphatic rings. The molecule has 1 aliphatic carbocycles. The quantitative estimate of drug-likeness (QED) is 0.866. The third kappa shape index (κ3) is 3.27. The molecule has 2 aromatic rings. The Balaban J connectivity index is 1.41. The van der Waals surface area contributed by atoms with Crippen LogP contribution in [0.5, 0.6) is 17.2 Å². The Morgan fingerprint density at radius 3 is 2.65 bits per heavy atom. The minimum Gasteiger partial charge on any atom is -0.496 e. The number of rotatable bonds is 5. The van der Waals surface area contributed by atoms with E-state index in [-0.39, 0.29) is 11.6 Å². The lowest BCUT2D eigenvalue weighted by Crippen LogP contribution is -2.42. The molecule has 0 spiro atoms. The first kappa shape index (κ1) is 16.6. The van der Waals surface area contributed by atoms with Crippen molar-refractivity contribution in [2.75, 3.05) is 20.3 Å². The number of methoxy groups -OCH3 is 1. The number of urea groups is 1. The van der Waals surface area contributed by atoms with Gasteiger partial charge >= 0.3 is 6.03 Å². The van der Waals surface area contributed by atoms with Crippen molar-refractivity contribution >= 4 is 6.03 Å². The second-order valence-electron chi connectivity index (χ2n) is 6.56. The van der Waals surface area contributed by atoms with E-state index in [1.54, 1.807) is 7.11 Å². The number of benzene rings is 2. The molecule has 6 nitrogen and oxygen atoms in total. The normalized spacial score (nSPS) is 16.5. The van der Waals surface area contributed by atoms with Gasteiger partial charge in [0.25, 0.3) is 0 Å². The largest absolute Gasteiger partial charge is 0.496 e. The van der Waals surface area contributed by atoms with Crippen LogP contribution in [0.3, 0.4) is 0 Å². The molecule has 4 rings (SSSR count). The van der Waals surface area contributed by atoms with E-state index < -0.39 is 0 Å². The van der Waals surface area contributed by atoms with Gasteiger partial charge in [-0.3, -0.25) is 0 Å². The molecule has 0 saturated heterocycles. The lowest BCUT2D eigenvalue weighted by Gasteiger charge is -2.23. The summed E-state index contributed by atoms with van der Waals surface area (Å²) in [6, 6.07) is 13.3. The number of amides is 2. The van der Waals surface area contributed by atoms with E-state index >= 15 is 0 Å². The van der Waals surface area contributed by atoms with Crippen LogP contribution in [0.4, 0.5) is 4.79 Å². The fourth-order valence-corrected chi connectivity index (χ4v) is 3.24. The molecule has 2 aromatic carbocycles. The highest BCUT2D eigenvalue weighted by atomic mass is 16.6. The zero-order valence-corrected chi connectivity index (χ0v) is 14.7. The van der Waals surface area contributed by atoms with Crippen LogP contribution in [0.2, 0.25) is 0 Å². The molecule has 0 bridgehead atoms. The smallest absolute Gasteiger partial charge is 0.315 e. The summed E-state index contributed by atoms with van der Waals surface area (Å²) in [5, 5.41) is 6.03. The van der Waals surface area contributed by atoms with Gasteiger partial charge in [0.15, 0.2) is 11.5 Å². The predicted molar refractivity (Wildman–Crippen MR) is 96.7 cm³/mol. The molecule has 0 atom stereocenters. The minimum absolute atomic E-state index is 0.191. The summed E-state index contributed by atoms with van der Waals surface area (Å²) in [6.07, 6.45) is 1.82. The summed E-state index contributed by atoms with van der Waals surface area (Å²) in [7, 11) is 1.62. The van der Waals surface area contributed by atoms with Gasteiger partial charge in [-0.25, -0.2) is 4.79 Å². The monoisotopic (exact) mass is 354 g/mol. The Labute approximate surface area is 152 Å². The Morgan fingerprint density at radius 1 is 1.12 bits per heavy atom. The summed E-state index contributed by atoms with van der Waals surface area (Å²) < 4.78 is 16.5. The zero-order chi connectivity index (χ0) is 18.0. The van der Waals surface area contributed by atoms with E-state index in [0.717, 1.165) is 41.2 Å². The molecule has 6 heteroatoms. The van der Waals surface area contributed by atoms with Crippen molar-refractivity contribution in [1.29, 1.82) is 0 Å². The lowest BCUT2D eigenvalue weighted by atomic mass is 10.0. The second kappa shape index (κ2) is 6.78. The van der Waals surface area contributed by atoms with Crippen LogP contribution in [0.1, 0.15) is 24.0 Å². The second-order valence-corrected chi connectivity index (χ2v) is 6.56. The van der Waals surface area contributed by atoms with E-state index in [4.69, 9.17) is 14.2 Å². The van der Waals surface area contributed by atoms with E-state index in [2.05, 4.69) is 10.6 Å². The summed E-state index contributed by atoms with van der Waals surface area (Å²) in [5.41, 5.74) is 1.67. The van der Waals surface area contributed by atoms with Gasteiger partial charge in [0, 0.05) is 12.1 Å². The Kier molecular flexibility index (Phi) is 4.32. The number of hydrogen-bond donors (Lipinski definition) is 2. The SMILES string of the molecule is COc1ccccc1CNC(=O)NC1(c2ccc3c(c2)OCCO3)CC1. The molecule has 0 radical (unpaired) electrons. The molecule has 136 valence electrons. The predicted octanol–water partition coefficient (Wildman–Crippen LogP) is 2.95. The van der Waals surface area contributed by atoms with Crippen molar-refractivity contribution in [3.63, 3.8) is 0 Å². The Hall–Kier alpha value is -2.89. The van der Waals surface area contributed by atoms with Crippen molar-refractivity contribution in [3.05, 3.63) is 53.6 Å². The number of fused-ring (bicyclic) bond motifs is 1. The third-order valence-electron chi connectivity index (χ3n) is 4.83. The average Bonchev–Trinajstić information content (AvgIpc) is 3.46. The van der Waals surface area contributed by atoms with Crippen LogP contribution in [0, 0.1) is 0 Å². The molecule has 26 heavy (non-hydrogen) atoms. The first-order chi connectivity index (χ1) is 12.7. The van der Waals surface area contributed by atoms with E-state index in [0.29, 0.717) is 19.8 Å². The minimum atomic E-state index is -0.319. The highest BCUT2D eigenvalue weighted by Gasteiger charge is 2.46. The fraction of sp³-hybridized carbons (Fsp3) is 0.350. The van der Waals surface area contributed by atoms with Crippen LogP contribution in [-0.2, 0) is 12.1 Å². The highest BCUT2D eigenvalue weighted by molar-refractivity contribution is 5.76. The number of carbonyl (C=O) groups excluding carboxylic acids is 1. The van der Waals surface area contributed by atoms with Gasteiger partial charge in [0.05, 0.1) is 12.6 Å². The van der Waals surface area contributed by atoms with Gasteiger partial charge in [-0.1, -0.05) is 24.3 Å². The zero-order valence-electron chi connectivity index (χ0n) is 14.7. The molecule has 0 aromatic heterocycles. The maximum absolute atomic E-state index is 12.4. The van der Waals surface area contributed by atoms with Gasteiger partial charge in [-0.05, 0) is 36.6 Å². The Morgan fingerprint density at radius 2 is 1.88 bits per heavy atom. The highest BCUT2D eigenvalue weighted by Crippen LogP contribution is 2.47. The standard InChI is InChI=1S/C20H22N2O4/c1-24-16-5-3-2-4-14(16)13-21-19(23)22-20(8-9-20)15-6-7-17-18(12-15)26-11-10-25-17/h2-7,12H,8-11,13H2,1H3,(H2,21,22,23). The molecule has 0 unspecified atom stereocenters. The van der Waals surface area contributed by atoms with Crippen LogP contribution in [-0.4, -0.2) is 26.4 Å². The van der Waals surface area contributed by atoms with Gasteiger partial charge < -0.3 is 24.8 Å². The van der Waals surface area contributed by atoms with Crippen LogP contribution in [0.25, 0.3) is 0 Å². The van der Waals surface area contributed by atoms with Crippen molar-refractivity contribution < 1.29 is 19.0 Å².